The van der Waals surface area contributed by atoms with Crippen LogP contribution < -0.4 is 10.2 Å². The van der Waals surface area contributed by atoms with Gasteiger partial charge in [-0.05, 0) is 57.4 Å². The molecule has 0 spiro atoms. The van der Waals surface area contributed by atoms with Gasteiger partial charge in [-0.1, -0.05) is 39.3 Å². The Morgan fingerprint density at radius 1 is 1.00 bits per heavy atom. The molecule has 0 aliphatic heterocycles. The summed E-state index contributed by atoms with van der Waals surface area (Å²) in [4.78, 5) is 2.55. The molecule has 2 nitrogen and oxygen atoms in total. The van der Waals surface area contributed by atoms with Gasteiger partial charge in [-0.15, -0.1) is 0 Å². The van der Waals surface area contributed by atoms with E-state index in [9.17, 15) is 0 Å². The normalized spacial score (nSPS) is 14.0. The van der Waals surface area contributed by atoms with E-state index in [1.807, 2.05) is 0 Å². The van der Waals surface area contributed by atoms with Crippen molar-refractivity contribution >= 4 is 5.69 Å². The van der Waals surface area contributed by atoms with Crippen LogP contribution in [-0.4, -0.2) is 19.1 Å². The highest BCUT2D eigenvalue weighted by Crippen LogP contribution is 2.22. The fourth-order valence-corrected chi connectivity index (χ4v) is 2.59. The topological polar surface area (TPSA) is 15.3 Å². The van der Waals surface area contributed by atoms with Crippen molar-refractivity contribution in [2.75, 3.05) is 18.0 Å². The van der Waals surface area contributed by atoms with E-state index in [4.69, 9.17) is 0 Å². The number of nitrogens with zero attached hydrogens (tertiary/aromatic N) is 1. The van der Waals surface area contributed by atoms with Crippen LogP contribution >= 0.6 is 0 Å². The lowest BCUT2D eigenvalue weighted by Crippen LogP contribution is -2.33. The number of hydrogen-bond donors (Lipinski definition) is 1. The highest BCUT2D eigenvalue weighted by molar-refractivity contribution is 5.48. The Kier molecular flexibility index (Phi) is 8.44. The van der Waals surface area contributed by atoms with Gasteiger partial charge < -0.3 is 10.2 Å². The van der Waals surface area contributed by atoms with E-state index in [1.165, 1.54) is 36.9 Å². The summed E-state index contributed by atoms with van der Waals surface area (Å²) in [5.74, 6) is 0. The zero-order valence-corrected chi connectivity index (χ0v) is 14.7. The van der Waals surface area contributed by atoms with Gasteiger partial charge in [-0.25, -0.2) is 0 Å². The predicted octanol–water partition coefficient (Wildman–Crippen LogP) is 5.15. The fraction of sp³-hybridized carbons (Fsp3) is 0.684. The van der Waals surface area contributed by atoms with Crippen LogP contribution in [0.2, 0.25) is 0 Å². The summed E-state index contributed by atoms with van der Waals surface area (Å²) < 4.78 is 0. The Hall–Kier alpha value is -1.02. The lowest BCUT2D eigenvalue weighted by Gasteiger charge is -2.31. The molecule has 0 bridgehead atoms. The number of anilines is 1. The average Bonchev–Trinajstić information content (AvgIpc) is 2.53. The van der Waals surface area contributed by atoms with Gasteiger partial charge in [0.25, 0.3) is 0 Å². The van der Waals surface area contributed by atoms with Crippen molar-refractivity contribution in [1.29, 1.82) is 0 Å². The van der Waals surface area contributed by atoms with Crippen molar-refractivity contribution in [2.24, 2.45) is 0 Å². The molecule has 0 heterocycles. The molecule has 0 saturated heterocycles. The Bertz CT molecular complexity index is 372. The zero-order valence-electron chi connectivity index (χ0n) is 14.7. The number of unbranched alkanes of at least 4 members (excludes halogenated alkanes) is 1. The maximum absolute atomic E-state index is 3.55. The Balaban J connectivity index is 2.76. The zero-order chi connectivity index (χ0) is 15.7. The summed E-state index contributed by atoms with van der Waals surface area (Å²) in [6.45, 7) is 13.6. The van der Waals surface area contributed by atoms with Crippen LogP contribution in [0.25, 0.3) is 0 Å². The van der Waals surface area contributed by atoms with Crippen LogP contribution in [0.1, 0.15) is 71.9 Å². The molecule has 0 saturated carbocycles. The van der Waals surface area contributed by atoms with Crippen LogP contribution in [-0.2, 0) is 0 Å². The van der Waals surface area contributed by atoms with E-state index in [1.54, 1.807) is 0 Å². The standard InChI is InChI=1S/C19H34N2/c1-6-9-15-21(16(4)8-3)19-12-10-18(11-13-19)17(5)20-14-7-2/h10-13,16-17,20H,6-9,14-15H2,1-5H3. The first-order chi connectivity index (χ1) is 10.1. The molecular formula is C19H34N2. The van der Waals surface area contributed by atoms with Gasteiger partial charge in [0.05, 0.1) is 0 Å². The molecule has 2 atom stereocenters. The highest BCUT2D eigenvalue weighted by Gasteiger charge is 2.13. The fourth-order valence-electron chi connectivity index (χ4n) is 2.59. The Labute approximate surface area is 131 Å². The third-order valence-corrected chi connectivity index (χ3v) is 4.30. The molecule has 2 unspecified atom stereocenters. The molecule has 1 aromatic rings. The third-order valence-electron chi connectivity index (χ3n) is 4.30. The summed E-state index contributed by atoms with van der Waals surface area (Å²) in [5.41, 5.74) is 2.75. The molecule has 0 aliphatic carbocycles. The number of benzene rings is 1. The molecule has 21 heavy (non-hydrogen) atoms. The largest absolute Gasteiger partial charge is 0.369 e. The summed E-state index contributed by atoms with van der Waals surface area (Å²) >= 11 is 0. The molecule has 0 fully saturated rings. The lowest BCUT2D eigenvalue weighted by atomic mass is 10.1. The monoisotopic (exact) mass is 290 g/mol. The van der Waals surface area contributed by atoms with E-state index in [0.717, 1.165) is 13.1 Å². The second kappa shape index (κ2) is 9.83. The van der Waals surface area contributed by atoms with Crippen molar-refractivity contribution in [3.63, 3.8) is 0 Å². The molecule has 2 heteroatoms. The van der Waals surface area contributed by atoms with E-state index >= 15 is 0 Å². The minimum absolute atomic E-state index is 0.437. The maximum atomic E-state index is 3.55. The first kappa shape index (κ1) is 18.0. The molecule has 1 aromatic carbocycles. The van der Waals surface area contributed by atoms with Crippen LogP contribution in [0.15, 0.2) is 24.3 Å². The van der Waals surface area contributed by atoms with Gasteiger partial charge in [0.2, 0.25) is 0 Å². The molecular weight excluding hydrogens is 256 g/mol. The molecule has 1 rings (SSSR count). The van der Waals surface area contributed by atoms with Crippen LogP contribution in [0, 0.1) is 0 Å². The Morgan fingerprint density at radius 2 is 1.67 bits per heavy atom. The second-order valence-electron chi connectivity index (χ2n) is 6.07. The Morgan fingerprint density at radius 3 is 2.19 bits per heavy atom. The van der Waals surface area contributed by atoms with E-state index in [2.05, 4.69) is 69.1 Å². The maximum Gasteiger partial charge on any atom is 0.0368 e. The van der Waals surface area contributed by atoms with Crippen molar-refractivity contribution in [3.8, 4) is 0 Å². The first-order valence-corrected chi connectivity index (χ1v) is 8.73. The van der Waals surface area contributed by atoms with Gasteiger partial charge in [-0.2, -0.15) is 0 Å². The van der Waals surface area contributed by atoms with Crippen LogP contribution in [0.3, 0.4) is 0 Å². The quantitative estimate of drug-likeness (QED) is 0.641. The third kappa shape index (κ3) is 5.70. The van der Waals surface area contributed by atoms with E-state index in [0.29, 0.717) is 12.1 Å². The molecule has 1 N–H and O–H groups in total. The molecule has 0 radical (unpaired) electrons. The lowest BCUT2D eigenvalue weighted by molar-refractivity contribution is 0.570. The van der Waals surface area contributed by atoms with Gasteiger partial charge >= 0.3 is 0 Å². The SMILES string of the molecule is CCCCN(c1ccc(C(C)NCCC)cc1)C(C)CC. The second-order valence-corrected chi connectivity index (χ2v) is 6.07. The van der Waals surface area contributed by atoms with Gasteiger partial charge in [-0.3, -0.25) is 0 Å². The molecule has 0 aromatic heterocycles. The van der Waals surface area contributed by atoms with Crippen molar-refractivity contribution in [1.82, 2.24) is 5.32 Å². The van der Waals surface area contributed by atoms with Gasteiger partial charge in [0, 0.05) is 24.3 Å². The summed E-state index contributed by atoms with van der Waals surface area (Å²) in [6, 6.07) is 10.2. The van der Waals surface area contributed by atoms with Gasteiger partial charge in [0.15, 0.2) is 0 Å². The minimum atomic E-state index is 0.437. The number of hydrogen-bond acceptors (Lipinski definition) is 2. The molecule has 120 valence electrons. The van der Waals surface area contributed by atoms with Crippen molar-refractivity contribution < 1.29 is 0 Å². The van der Waals surface area contributed by atoms with Crippen molar-refractivity contribution in [2.45, 2.75) is 72.4 Å². The number of nitrogens with one attached hydrogen (secondary N) is 1. The van der Waals surface area contributed by atoms with Crippen LogP contribution in [0.4, 0.5) is 5.69 Å². The number of rotatable bonds is 10. The van der Waals surface area contributed by atoms with E-state index < -0.39 is 0 Å². The molecule has 0 amide bonds. The molecule has 0 aliphatic rings. The summed E-state index contributed by atoms with van der Waals surface area (Å²) in [5, 5.41) is 3.55. The highest BCUT2D eigenvalue weighted by atomic mass is 15.2. The van der Waals surface area contributed by atoms with Crippen LogP contribution in [0.5, 0.6) is 0 Å². The average molecular weight is 290 g/mol. The predicted molar refractivity (Wildman–Crippen MR) is 95.2 cm³/mol. The summed E-state index contributed by atoms with van der Waals surface area (Å²) in [7, 11) is 0. The van der Waals surface area contributed by atoms with Crippen molar-refractivity contribution in [3.05, 3.63) is 29.8 Å². The minimum Gasteiger partial charge on any atom is -0.369 e. The summed E-state index contributed by atoms with van der Waals surface area (Å²) in [6.07, 6.45) is 4.89. The first-order valence-electron chi connectivity index (χ1n) is 8.73. The van der Waals surface area contributed by atoms with E-state index in [-0.39, 0.29) is 0 Å². The van der Waals surface area contributed by atoms with Gasteiger partial charge in [0.1, 0.15) is 0 Å². The smallest absolute Gasteiger partial charge is 0.0368 e.